The molecule has 0 fully saturated rings. The highest BCUT2D eigenvalue weighted by Gasteiger charge is 2.14. The fraction of sp³-hybridized carbons (Fsp3) is 0.455. The second-order valence-corrected chi connectivity index (χ2v) is 4.50. The lowest BCUT2D eigenvalue weighted by atomic mass is 10.2. The zero-order valence-electron chi connectivity index (χ0n) is 10.1. The highest BCUT2D eigenvalue weighted by Crippen LogP contribution is 2.34. The van der Waals surface area contributed by atoms with Gasteiger partial charge in [0.1, 0.15) is 0 Å². The normalized spacial score (nSPS) is 12.2. The van der Waals surface area contributed by atoms with Crippen LogP contribution in [0, 0.1) is 10.1 Å². The molecule has 1 aromatic carbocycles. The van der Waals surface area contributed by atoms with Crippen molar-refractivity contribution in [1.29, 1.82) is 0 Å². The summed E-state index contributed by atoms with van der Waals surface area (Å²) >= 11 is 11.9. The Labute approximate surface area is 115 Å². The molecule has 0 aliphatic carbocycles. The van der Waals surface area contributed by atoms with Crippen LogP contribution in [0.2, 0.25) is 10.0 Å². The minimum atomic E-state index is -0.537. The van der Waals surface area contributed by atoms with Gasteiger partial charge in [0.2, 0.25) is 0 Å². The Morgan fingerprint density at radius 3 is 2.44 bits per heavy atom. The summed E-state index contributed by atoms with van der Waals surface area (Å²) in [4.78, 5) is 10.1. The first-order chi connectivity index (χ1) is 8.45. The van der Waals surface area contributed by atoms with E-state index in [1.807, 2.05) is 13.8 Å². The second-order valence-electron chi connectivity index (χ2n) is 3.69. The number of benzene rings is 1. The van der Waals surface area contributed by atoms with E-state index in [1.165, 1.54) is 12.1 Å². The third-order valence-electron chi connectivity index (χ3n) is 2.26. The first-order valence-electron chi connectivity index (χ1n) is 5.44. The zero-order valence-corrected chi connectivity index (χ0v) is 11.6. The number of anilines is 1. The lowest BCUT2D eigenvalue weighted by Crippen LogP contribution is -2.20. The maximum atomic E-state index is 10.6. The van der Waals surface area contributed by atoms with Crippen LogP contribution < -0.4 is 5.32 Å². The van der Waals surface area contributed by atoms with Crippen LogP contribution in [0.4, 0.5) is 11.4 Å². The van der Waals surface area contributed by atoms with Gasteiger partial charge in [0.25, 0.3) is 5.69 Å². The summed E-state index contributed by atoms with van der Waals surface area (Å²) in [6, 6.07) is 2.53. The van der Waals surface area contributed by atoms with Gasteiger partial charge in [0, 0.05) is 25.3 Å². The van der Waals surface area contributed by atoms with E-state index in [0.717, 1.165) is 0 Å². The van der Waals surface area contributed by atoms with Gasteiger partial charge in [0.15, 0.2) is 0 Å². The fourth-order valence-electron chi connectivity index (χ4n) is 1.42. The van der Waals surface area contributed by atoms with Crippen molar-refractivity contribution < 1.29 is 9.66 Å². The van der Waals surface area contributed by atoms with Gasteiger partial charge in [-0.05, 0) is 13.8 Å². The smallest absolute Gasteiger partial charge is 0.272 e. The molecule has 0 radical (unpaired) electrons. The lowest BCUT2D eigenvalue weighted by Gasteiger charge is -2.15. The van der Waals surface area contributed by atoms with Crippen molar-refractivity contribution in [3.05, 3.63) is 32.3 Å². The van der Waals surface area contributed by atoms with Crippen molar-refractivity contribution >= 4 is 34.6 Å². The SMILES string of the molecule is CCOC(C)CNc1c(Cl)cc([N+](=O)[O-])cc1Cl. The molecule has 1 rings (SSSR count). The number of halogens is 2. The number of nitro benzene ring substituents is 1. The first-order valence-corrected chi connectivity index (χ1v) is 6.20. The van der Waals surface area contributed by atoms with Crippen LogP contribution in [0.25, 0.3) is 0 Å². The van der Waals surface area contributed by atoms with E-state index >= 15 is 0 Å². The van der Waals surface area contributed by atoms with Gasteiger partial charge in [-0.2, -0.15) is 0 Å². The Morgan fingerprint density at radius 2 is 2.00 bits per heavy atom. The average molecular weight is 293 g/mol. The predicted octanol–water partition coefficient (Wildman–Crippen LogP) is 3.74. The van der Waals surface area contributed by atoms with Gasteiger partial charge < -0.3 is 10.1 Å². The standard InChI is InChI=1S/C11H14Cl2N2O3/c1-3-18-7(2)6-14-11-9(12)4-8(15(16)17)5-10(11)13/h4-5,7,14H,3,6H2,1-2H3. The van der Waals surface area contributed by atoms with Crippen LogP contribution in [0.5, 0.6) is 0 Å². The quantitative estimate of drug-likeness (QED) is 0.641. The van der Waals surface area contributed by atoms with Crippen molar-refractivity contribution in [3.63, 3.8) is 0 Å². The Hall–Kier alpha value is -1.04. The molecule has 0 saturated carbocycles. The molecule has 0 aliphatic heterocycles. The van der Waals surface area contributed by atoms with Crippen LogP contribution in [0.15, 0.2) is 12.1 Å². The van der Waals surface area contributed by atoms with Gasteiger partial charge >= 0.3 is 0 Å². The number of ether oxygens (including phenoxy) is 1. The Kier molecular flexibility index (Phi) is 5.65. The Bertz CT molecular complexity index is 417. The highest BCUT2D eigenvalue weighted by molar-refractivity contribution is 6.39. The number of rotatable bonds is 6. The summed E-state index contributed by atoms with van der Waals surface area (Å²) < 4.78 is 5.35. The van der Waals surface area contributed by atoms with Crippen molar-refractivity contribution in [2.75, 3.05) is 18.5 Å². The van der Waals surface area contributed by atoms with E-state index in [4.69, 9.17) is 27.9 Å². The molecule has 0 amide bonds. The van der Waals surface area contributed by atoms with Crippen molar-refractivity contribution in [1.82, 2.24) is 0 Å². The molecule has 1 N–H and O–H groups in total. The molecule has 0 aromatic heterocycles. The third-order valence-corrected chi connectivity index (χ3v) is 2.85. The zero-order chi connectivity index (χ0) is 13.7. The maximum Gasteiger partial charge on any atom is 0.272 e. The average Bonchev–Trinajstić information content (AvgIpc) is 2.27. The molecule has 1 atom stereocenters. The van der Waals surface area contributed by atoms with Crippen molar-refractivity contribution in [2.45, 2.75) is 20.0 Å². The number of nitro groups is 1. The van der Waals surface area contributed by atoms with E-state index in [0.29, 0.717) is 18.8 Å². The van der Waals surface area contributed by atoms with Crippen LogP contribution >= 0.6 is 23.2 Å². The third kappa shape index (κ3) is 4.01. The molecule has 0 heterocycles. The van der Waals surface area contributed by atoms with Gasteiger partial charge in [-0.25, -0.2) is 0 Å². The maximum absolute atomic E-state index is 10.6. The van der Waals surface area contributed by atoms with E-state index in [-0.39, 0.29) is 21.8 Å². The molecule has 18 heavy (non-hydrogen) atoms. The van der Waals surface area contributed by atoms with E-state index in [1.54, 1.807) is 0 Å². The fourth-order valence-corrected chi connectivity index (χ4v) is 2.03. The molecular weight excluding hydrogens is 279 g/mol. The molecule has 1 unspecified atom stereocenters. The molecule has 7 heteroatoms. The van der Waals surface area contributed by atoms with Crippen molar-refractivity contribution in [2.24, 2.45) is 0 Å². The minimum absolute atomic E-state index is 0.00248. The summed E-state index contributed by atoms with van der Waals surface area (Å²) in [6.45, 7) is 4.95. The summed E-state index contributed by atoms with van der Waals surface area (Å²) in [6.07, 6.45) is -0.00248. The Morgan fingerprint density at radius 1 is 1.44 bits per heavy atom. The van der Waals surface area contributed by atoms with Gasteiger partial charge in [-0.3, -0.25) is 10.1 Å². The van der Waals surface area contributed by atoms with E-state index < -0.39 is 4.92 Å². The largest absolute Gasteiger partial charge is 0.380 e. The number of nitrogens with one attached hydrogen (secondary N) is 1. The highest BCUT2D eigenvalue weighted by atomic mass is 35.5. The van der Waals surface area contributed by atoms with Gasteiger partial charge in [-0.15, -0.1) is 0 Å². The number of non-ortho nitro benzene ring substituents is 1. The number of nitrogens with zero attached hydrogens (tertiary/aromatic N) is 1. The summed E-state index contributed by atoms with van der Waals surface area (Å²) in [5.41, 5.74) is 0.351. The van der Waals surface area contributed by atoms with E-state index in [9.17, 15) is 10.1 Å². The molecular formula is C11H14Cl2N2O3. The van der Waals surface area contributed by atoms with Crippen LogP contribution in [0.1, 0.15) is 13.8 Å². The van der Waals surface area contributed by atoms with Crippen LogP contribution in [-0.4, -0.2) is 24.2 Å². The molecule has 0 saturated heterocycles. The van der Waals surface area contributed by atoms with E-state index in [2.05, 4.69) is 5.32 Å². The summed E-state index contributed by atoms with van der Waals surface area (Å²) in [5.74, 6) is 0. The molecule has 0 spiro atoms. The first kappa shape index (κ1) is 15.0. The molecule has 100 valence electrons. The Balaban J connectivity index is 2.81. The molecule has 5 nitrogen and oxygen atoms in total. The monoisotopic (exact) mass is 292 g/mol. The summed E-state index contributed by atoms with van der Waals surface area (Å²) in [7, 11) is 0. The molecule has 0 aliphatic rings. The lowest BCUT2D eigenvalue weighted by molar-refractivity contribution is -0.384. The van der Waals surface area contributed by atoms with Crippen LogP contribution in [-0.2, 0) is 4.74 Å². The summed E-state index contributed by atoms with van der Waals surface area (Å²) in [5, 5.41) is 14.1. The number of hydrogen-bond acceptors (Lipinski definition) is 4. The topological polar surface area (TPSA) is 64.4 Å². The van der Waals surface area contributed by atoms with Crippen molar-refractivity contribution in [3.8, 4) is 0 Å². The van der Waals surface area contributed by atoms with Crippen LogP contribution in [0.3, 0.4) is 0 Å². The number of hydrogen-bond donors (Lipinski definition) is 1. The minimum Gasteiger partial charge on any atom is -0.380 e. The molecule has 0 bridgehead atoms. The molecule has 1 aromatic rings. The van der Waals surface area contributed by atoms with Gasteiger partial charge in [-0.1, -0.05) is 23.2 Å². The predicted molar refractivity (Wildman–Crippen MR) is 72.7 cm³/mol. The second kappa shape index (κ2) is 6.78. The van der Waals surface area contributed by atoms with Gasteiger partial charge in [0.05, 0.1) is 26.8 Å².